The van der Waals surface area contributed by atoms with Crippen LogP contribution in [0.2, 0.25) is 5.15 Å². The van der Waals surface area contributed by atoms with E-state index < -0.39 is 0 Å². The molecule has 11 heavy (non-hydrogen) atoms. The molecule has 0 spiro atoms. The van der Waals surface area contributed by atoms with Gasteiger partial charge in [-0.2, -0.15) is 5.10 Å². The van der Waals surface area contributed by atoms with Gasteiger partial charge in [0, 0.05) is 6.07 Å². The predicted molar refractivity (Wildman–Crippen MR) is 49.9 cm³/mol. The maximum Gasteiger partial charge on any atom is 0.129 e. The van der Waals surface area contributed by atoms with Gasteiger partial charge < -0.3 is 0 Å². The van der Waals surface area contributed by atoms with Crippen molar-refractivity contribution in [1.29, 1.82) is 0 Å². The Balaban J connectivity index is 3.13. The fourth-order valence-electron chi connectivity index (χ4n) is 0.802. The van der Waals surface area contributed by atoms with Gasteiger partial charge in [0.1, 0.15) is 9.76 Å². The number of hydrogen-bond donors (Lipinski definition) is 0. The lowest BCUT2D eigenvalue weighted by Crippen LogP contribution is -2.23. The molecular formula is C7H10BrClN2. The number of halogens is 2. The van der Waals surface area contributed by atoms with Crippen LogP contribution in [0.5, 0.6) is 0 Å². The smallest absolute Gasteiger partial charge is 0.129 e. The molecule has 1 aromatic heterocycles. The highest BCUT2D eigenvalue weighted by atomic mass is 79.9. The number of aromatic nitrogens is 2. The third-order valence-electron chi connectivity index (χ3n) is 1.27. The van der Waals surface area contributed by atoms with Gasteiger partial charge >= 0.3 is 0 Å². The predicted octanol–water partition coefficient (Wildman–Crippen LogP) is 3.05. The van der Waals surface area contributed by atoms with Crippen molar-refractivity contribution >= 4 is 27.5 Å². The zero-order valence-corrected chi connectivity index (χ0v) is 9.07. The topological polar surface area (TPSA) is 17.8 Å². The highest BCUT2D eigenvalue weighted by Gasteiger charge is 2.17. The third-order valence-corrected chi connectivity index (χ3v) is 1.93. The second kappa shape index (κ2) is 2.79. The molecule has 4 heteroatoms. The molecular weight excluding hydrogens is 227 g/mol. The average molecular weight is 238 g/mol. The highest BCUT2D eigenvalue weighted by Crippen LogP contribution is 2.23. The van der Waals surface area contributed by atoms with Gasteiger partial charge in [0.2, 0.25) is 0 Å². The summed E-state index contributed by atoms with van der Waals surface area (Å²) in [7, 11) is 0. The third kappa shape index (κ3) is 1.97. The van der Waals surface area contributed by atoms with E-state index in [9.17, 15) is 0 Å². The van der Waals surface area contributed by atoms with E-state index in [1.165, 1.54) is 0 Å². The minimum absolute atomic E-state index is 0.0525. The van der Waals surface area contributed by atoms with Crippen LogP contribution in [0, 0.1) is 0 Å². The summed E-state index contributed by atoms with van der Waals surface area (Å²) in [6.45, 7) is 6.16. The van der Waals surface area contributed by atoms with Crippen LogP contribution in [0.4, 0.5) is 0 Å². The van der Waals surface area contributed by atoms with E-state index in [-0.39, 0.29) is 5.54 Å². The van der Waals surface area contributed by atoms with E-state index in [1.807, 2.05) is 0 Å². The SMILES string of the molecule is CC(C)(C)n1nc(Br)cc1Cl. The minimum Gasteiger partial charge on any atom is -0.248 e. The molecule has 0 amide bonds. The molecule has 0 aliphatic rings. The van der Waals surface area contributed by atoms with Gasteiger partial charge in [-0.05, 0) is 36.7 Å². The molecule has 0 bridgehead atoms. The standard InChI is InChI=1S/C7H10BrClN2/c1-7(2,3)11-6(9)4-5(8)10-11/h4H,1-3H3. The molecule has 1 rings (SSSR count). The Hall–Kier alpha value is -0.0200. The van der Waals surface area contributed by atoms with Crippen molar-refractivity contribution in [2.45, 2.75) is 26.3 Å². The summed E-state index contributed by atoms with van der Waals surface area (Å²) in [5.74, 6) is 0. The van der Waals surface area contributed by atoms with Gasteiger partial charge in [-0.15, -0.1) is 0 Å². The summed E-state index contributed by atoms with van der Waals surface area (Å²) in [5.41, 5.74) is -0.0525. The van der Waals surface area contributed by atoms with Gasteiger partial charge in [-0.3, -0.25) is 0 Å². The normalized spacial score (nSPS) is 12.1. The van der Waals surface area contributed by atoms with Gasteiger partial charge in [0.05, 0.1) is 5.54 Å². The summed E-state index contributed by atoms with van der Waals surface area (Å²) in [4.78, 5) is 0. The summed E-state index contributed by atoms with van der Waals surface area (Å²) in [6, 6.07) is 1.78. The van der Waals surface area contributed by atoms with Gasteiger partial charge in [-0.1, -0.05) is 11.6 Å². The van der Waals surface area contributed by atoms with Crippen molar-refractivity contribution in [2.75, 3.05) is 0 Å². The first-order chi connectivity index (χ1) is 4.91. The van der Waals surface area contributed by atoms with Crippen LogP contribution in [0.15, 0.2) is 10.7 Å². The number of nitrogens with zero attached hydrogens (tertiary/aromatic N) is 2. The summed E-state index contributed by atoms with van der Waals surface area (Å²) in [6.07, 6.45) is 0. The summed E-state index contributed by atoms with van der Waals surface area (Å²) < 4.78 is 2.55. The Bertz CT molecular complexity index is 262. The van der Waals surface area contributed by atoms with Crippen molar-refractivity contribution in [3.8, 4) is 0 Å². The molecule has 1 heterocycles. The first-order valence-electron chi connectivity index (χ1n) is 3.33. The van der Waals surface area contributed by atoms with Gasteiger partial charge in [0.25, 0.3) is 0 Å². The minimum atomic E-state index is -0.0525. The Morgan fingerprint density at radius 1 is 1.55 bits per heavy atom. The van der Waals surface area contributed by atoms with Crippen LogP contribution in [-0.4, -0.2) is 9.78 Å². The van der Waals surface area contributed by atoms with E-state index in [0.29, 0.717) is 5.15 Å². The number of hydrogen-bond acceptors (Lipinski definition) is 1. The quantitative estimate of drug-likeness (QED) is 0.678. The van der Waals surface area contributed by atoms with Crippen molar-refractivity contribution in [3.05, 3.63) is 15.8 Å². The molecule has 2 nitrogen and oxygen atoms in total. The number of rotatable bonds is 0. The summed E-state index contributed by atoms with van der Waals surface area (Å²) in [5, 5.41) is 4.84. The van der Waals surface area contributed by atoms with Crippen LogP contribution in [-0.2, 0) is 5.54 Å². The Kier molecular flexibility index (Phi) is 2.30. The van der Waals surface area contributed by atoms with E-state index in [4.69, 9.17) is 11.6 Å². The summed E-state index contributed by atoms with van der Waals surface area (Å²) >= 11 is 9.16. The molecule has 0 aliphatic heterocycles. The first kappa shape index (κ1) is 9.07. The van der Waals surface area contributed by atoms with Gasteiger partial charge in [-0.25, -0.2) is 4.68 Å². The maximum atomic E-state index is 5.90. The zero-order valence-electron chi connectivity index (χ0n) is 6.73. The van der Waals surface area contributed by atoms with Crippen LogP contribution in [0.1, 0.15) is 20.8 Å². The van der Waals surface area contributed by atoms with Crippen molar-refractivity contribution < 1.29 is 0 Å². The van der Waals surface area contributed by atoms with Crippen molar-refractivity contribution in [2.24, 2.45) is 0 Å². The van der Waals surface area contributed by atoms with Gasteiger partial charge in [0.15, 0.2) is 0 Å². The van der Waals surface area contributed by atoms with E-state index in [0.717, 1.165) is 4.60 Å². The van der Waals surface area contributed by atoms with Crippen molar-refractivity contribution in [1.82, 2.24) is 9.78 Å². The largest absolute Gasteiger partial charge is 0.248 e. The molecule has 0 N–H and O–H groups in total. The van der Waals surface area contributed by atoms with Crippen LogP contribution in [0.25, 0.3) is 0 Å². The van der Waals surface area contributed by atoms with Crippen LogP contribution >= 0.6 is 27.5 Å². The molecule has 62 valence electrons. The van der Waals surface area contributed by atoms with E-state index in [1.54, 1.807) is 10.7 Å². The highest BCUT2D eigenvalue weighted by molar-refractivity contribution is 9.10. The second-order valence-electron chi connectivity index (χ2n) is 3.37. The Morgan fingerprint density at radius 3 is 2.27 bits per heavy atom. The van der Waals surface area contributed by atoms with E-state index >= 15 is 0 Å². The molecule has 0 aliphatic carbocycles. The lowest BCUT2D eigenvalue weighted by Gasteiger charge is -2.19. The fourth-order valence-corrected chi connectivity index (χ4v) is 1.70. The lowest BCUT2D eigenvalue weighted by molar-refractivity contribution is 0.355. The molecule has 0 radical (unpaired) electrons. The monoisotopic (exact) mass is 236 g/mol. The maximum absolute atomic E-state index is 5.90. The molecule has 0 fully saturated rings. The zero-order chi connectivity index (χ0) is 8.65. The Morgan fingerprint density at radius 2 is 2.09 bits per heavy atom. The van der Waals surface area contributed by atoms with Crippen molar-refractivity contribution in [3.63, 3.8) is 0 Å². The fraction of sp³-hybridized carbons (Fsp3) is 0.571. The second-order valence-corrected chi connectivity index (χ2v) is 4.57. The Labute approximate surface area is 79.7 Å². The average Bonchev–Trinajstić information content (AvgIpc) is 2.08. The molecule has 0 atom stereocenters. The lowest BCUT2D eigenvalue weighted by atomic mass is 10.1. The van der Waals surface area contributed by atoms with Crippen LogP contribution < -0.4 is 0 Å². The van der Waals surface area contributed by atoms with Crippen LogP contribution in [0.3, 0.4) is 0 Å². The first-order valence-corrected chi connectivity index (χ1v) is 4.50. The molecule has 0 unspecified atom stereocenters. The molecule has 0 aromatic carbocycles. The molecule has 1 aromatic rings. The van der Waals surface area contributed by atoms with E-state index in [2.05, 4.69) is 41.8 Å². The molecule has 0 saturated heterocycles. The molecule has 0 saturated carbocycles.